The van der Waals surface area contributed by atoms with Gasteiger partial charge in [-0.15, -0.1) is 0 Å². The molecule has 0 heterocycles. The molecule has 1 aromatic carbocycles. The number of hydrogen-bond donors (Lipinski definition) is 3. The van der Waals surface area contributed by atoms with Gasteiger partial charge in [0.05, 0.1) is 0 Å². The Morgan fingerprint density at radius 1 is 1.16 bits per heavy atom. The van der Waals surface area contributed by atoms with E-state index in [2.05, 4.69) is 10.6 Å². The molecule has 1 rings (SSSR count). The SMILES string of the molecule is CNC(=O)C(=O)NCCC(CCO)c1ccccc1. The lowest BCUT2D eigenvalue weighted by atomic mass is 9.93. The van der Waals surface area contributed by atoms with Crippen LogP contribution in [0.15, 0.2) is 30.3 Å². The van der Waals surface area contributed by atoms with Crippen LogP contribution < -0.4 is 10.6 Å². The Kier molecular flexibility index (Phi) is 6.60. The van der Waals surface area contributed by atoms with E-state index in [4.69, 9.17) is 5.11 Å². The summed E-state index contributed by atoms with van der Waals surface area (Å²) in [6.07, 6.45) is 1.33. The third kappa shape index (κ3) is 5.09. The third-order valence-corrected chi connectivity index (χ3v) is 2.96. The number of hydrogen-bond acceptors (Lipinski definition) is 3. The number of benzene rings is 1. The largest absolute Gasteiger partial charge is 0.396 e. The molecule has 104 valence electrons. The maximum absolute atomic E-state index is 11.3. The van der Waals surface area contributed by atoms with Crippen LogP contribution in [0.25, 0.3) is 0 Å². The average Bonchev–Trinajstić information content (AvgIpc) is 2.46. The second-order valence-electron chi connectivity index (χ2n) is 4.24. The van der Waals surface area contributed by atoms with E-state index in [1.54, 1.807) is 0 Å². The fourth-order valence-electron chi connectivity index (χ4n) is 1.91. The molecule has 0 radical (unpaired) electrons. The lowest BCUT2D eigenvalue weighted by molar-refractivity contribution is -0.138. The Morgan fingerprint density at radius 3 is 2.42 bits per heavy atom. The Hall–Kier alpha value is -1.88. The van der Waals surface area contributed by atoms with E-state index in [-0.39, 0.29) is 12.5 Å². The minimum Gasteiger partial charge on any atom is -0.396 e. The number of aliphatic hydroxyl groups is 1. The molecule has 0 spiro atoms. The van der Waals surface area contributed by atoms with E-state index >= 15 is 0 Å². The van der Waals surface area contributed by atoms with E-state index < -0.39 is 11.8 Å². The zero-order valence-electron chi connectivity index (χ0n) is 11.1. The highest BCUT2D eigenvalue weighted by atomic mass is 16.3. The van der Waals surface area contributed by atoms with Crippen LogP contribution in [0.2, 0.25) is 0 Å². The Labute approximate surface area is 113 Å². The monoisotopic (exact) mass is 264 g/mol. The number of rotatable bonds is 6. The van der Waals surface area contributed by atoms with Crippen LogP contribution >= 0.6 is 0 Å². The van der Waals surface area contributed by atoms with E-state index in [0.29, 0.717) is 19.4 Å². The number of amides is 2. The highest BCUT2D eigenvalue weighted by Crippen LogP contribution is 2.22. The molecule has 3 N–H and O–H groups in total. The molecule has 1 aromatic rings. The summed E-state index contributed by atoms with van der Waals surface area (Å²) in [5.41, 5.74) is 1.13. The first kappa shape index (κ1) is 15.2. The van der Waals surface area contributed by atoms with Crippen LogP contribution in [0.1, 0.15) is 24.3 Å². The summed E-state index contributed by atoms with van der Waals surface area (Å²) in [5.74, 6) is -1.09. The van der Waals surface area contributed by atoms with E-state index in [1.807, 2.05) is 30.3 Å². The van der Waals surface area contributed by atoms with Gasteiger partial charge in [-0.1, -0.05) is 30.3 Å². The Morgan fingerprint density at radius 2 is 1.84 bits per heavy atom. The summed E-state index contributed by atoms with van der Waals surface area (Å²) in [6, 6.07) is 9.83. The number of carbonyl (C=O) groups excluding carboxylic acids is 2. The highest BCUT2D eigenvalue weighted by molar-refractivity contribution is 6.34. The fourth-order valence-corrected chi connectivity index (χ4v) is 1.91. The topological polar surface area (TPSA) is 78.4 Å². The van der Waals surface area contributed by atoms with Crippen LogP contribution in [0.3, 0.4) is 0 Å². The van der Waals surface area contributed by atoms with Crippen molar-refractivity contribution in [2.75, 3.05) is 20.2 Å². The zero-order chi connectivity index (χ0) is 14.1. The van der Waals surface area contributed by atoms with E-state index in [1.165, 1.54) is 7.05 Å². The lowest BCUT2D eigenvalue weighted by Crippen LogP contribution is -2.38. The van der Waals surface area contributed by atoms with Gasteiger partial charge in [-0.2, -0.15) is 0 Å². The number of likely N-dealkylation sites (N-methyl/N-ethyl adjacent to an activating group) is 1. The van der Waals surface area contributed by atoms with Gasteiger partial charge in [0.2, 0.25) is 0 Å². The average molecular weight is 264 g/mol. The van der Waals surface area contributed by atoms with E-state index in [0.717, 1.165) is 5.56 Å². The van der Waals surface area contributed by atoms with Gasteiger partial charge in [-0.25, -0.2) is 0 Å². The van der Waals surface area contributed by atoms with Gasteiger partial charge < -0.3 is 15.7 Å². The van der Waals surface area contributed by atoms with Gasteiger partial charge in [0.15, 0.2) is 0 Å². The van der Waals surface area contributed by atoms with Crippen molar-refractivity contribution in [2.45, 2.75) is 18.8 Å². The van der Waals surface area contributed by atoms with Crippen molar-refractivity contribution in [2.24, 2.45) is 0 Å². The standard InChI is InChI=1S/C14H20N2O3/c1-15-13(18)14(19)16-9-7-12(8-10-17)11-5-3-2-4-6-11/h2-6,12,17H,7-10H2,1H3,(H,15,18)(H,16,19). The molecule has 0 fully saturated rings. The van der Waals surface area contributed by atoms with Crippen molar-refractivity contribution in [3.63, 3.8) is 0 Å². The molecule has 0 bridgehead atoms. The molecular formula is C14H20N2O3. The fraction of sp³-hybridized carbons (Fsp3) is 0.429. The summed E-state index contributed by atoms with van der Waals surface area (Å²) in [7, 11) is 1.42. The summed E-state index contributed by atoms with van der Waals surface area (Å²) in [5, 5.41) is 13.9. The Balaban J connectivity index is 2.47. The number of carbonyl (C=O) groups is 2. The van der Waals surface area contributed by atoms with Gasteiger partial charge in [0.1, 0.15) is 0 Å². The van der Waals surface area contributed by atoms with Crippen molar-refractivity contribution >= 4 is 11.8 Å². The van der Waals surface area contributed by atoms with Crippen molar-refractivity contribution < 1.29 is 14.7 Å². The zero-order valence-corrected chi connectivity index (χ0v) is 11.1. The molecule has 0 aromatic heterocycles. The van der Waals surface area contributed by atoms with Crippen LogP contribution in [0.4, 0.5) is 0 Å². The predicted octanol–water partition coefficient (Wildman–Crippen LogP) is 0.405. The molecule has 1 unspecified atom stereocenters. The second-order valence-corrected chi connectivity index (χ2v) is 4.24. The maximum atomic E-state index is 11.3. The molecule has 0 aliphatic carbocycles. The van der Waals surface area contributed by atoms with Crippen LogP contribution in [-0.2, 0) is 9.59 Å². The number of nitrogens with one attached hydrogen (secondary N) is 2. The molecule has 2 amide bonds. The molecule has 5 nitrogen and oxygen atoms in total. The molecule has 0 saturated heterocycles. The van der Waals surface area contributed by atoms with Gasteiger partial charge in [-0.05, 0) is 24.3 Å². The minimum absolute atomic E-state index is 0.100. The first-order valence-electron chi connectivity index (χ1n) is 6.34. The van der Waals surface area contributed by atoms with Crippen LogP contribution in [-0.4, -0.2) is 37.1 Å². The molecule has 0 aliphatic heterocycles. The second kappa shape index (κ2) is 8.26. The molecule has 0 saturated carbocycles. The van der Waals surface area contributed by atoms with Crippen LogP contribution in [0.5, 0.6) is 0 Å². The normalized spacial score (nSPS) is 11.7. The van der Waals surface area contributed by atoms with Crippen molar-refractivity contribution in [3.8, 4) is 0 Å². The molecule has 0 aliphatic rings. The van der Waals surface area contributed by atoms with Gasteiger partial charge in [0, 0.05) is 20.2 Å². The minimum atomic E-state index is -0.640. The maximum Gasteiger partial charge on any atom is 0.309 e. The summed E-state index contributed by atoms with van der Waals surface area (Å²) >= 11 is 0. The quantitative estimate of drug-likeness (QED) is 0.651. The highest BCUT2D eigenvalue weighted by Gasteiger charge is 2.13. The molecule has 5 heteroatoms. The molecule has 19 heavy (non-hydrogen) atoms. The van der Waals surface area contributed by atoms with Gasteiger partial charge >= 0.3 is 11.8 Å². The third-order valence-electron chi connectivity index (χ3n) is 2.96. The summed E-state index contributed by atoms with van der Waals surface area (Å²) in [4.78, 5) is 22.3. The predicted molar refractivity (Wildman–Crippen MR) is 72.6 cm³/mol. The molecule has 1 atom stereocenters. The van der Waals surface area contributed by atoms with Crippen LogP contribution in [0, 0.1) is 0 Å². The van der Waals surface area contributed by atoms with E-state index in [9.17, 15) is 9.59 Å². The first-order chi connectivity index (χ1) is 9.19. The number of aliphatic hydroxyl groups excluding tert-OH is 1. The van der Waals surface area contributed by atoms with Gasteiger partial charge in [0.25, 0.3) is 0 Å². The van der Waals surface area contributed by atoms with Crippen molar-refractivity contribution in [1.82, 2.24) is 10.6 Å². The lowest BCUT2D eigenvalue weighted by Gasteiger charge is -2.16. The smallest absolute Gasteiger partial charge is 0.309 e. The summed E-state index contributed by atoms with van der Waals surface area (Å²) in [6.45, 7) is 0.509. The summed E-state index contributed by atoms with van der Waals surface area (Å²) < 4.78 is 0. The molecular weight excluding hydrogens is 244 g/mol. The first-order valence-corrected chi connectivity index (χ1v) is 6.34. The van der Waals surface area contributed by atoms with Crippen molar-refractivity contribution in [1.29, 1.82) is 0 Å². The van der Waals surface area contributed by atoms with Crippen molar-refractivity contribution in [3.05, 3.63) is 35.9 Å². The van der Waals surface area contributed by atoms with Gasteiger partial charge in [-0.3, -0.25) is 9.59 Å². The Bertz CT molecular complexity index is 406.